The van der Waals surface area contributed by atoms with E-state index in [4.69, 9.17) is 0 Å². The van der Waals surface area contributed by atoms with Gasteiger partial charge in [0.1, 0.15) is 12.6 Å². The number of nitrogens with zero attached hydrogens (tertiary/aromatic N) is 2. The monoisotopic (exact) mass is 373 g/mol. The number of aryl methyl sites for hydroxylation is 1. The fraction of sp³-hybridized carbons (Fsp3) is 0.267. The maximum atomic E-state index is 13.1. The van der Waals surface area contributed by atoms with Crippen molar-refractivity contribution >= 4 is 16.3 Å². The number of carbonyl (C=O) groups is 1. The molecular formula is C15H14F3N3O3S. The van der Waals surface area contributed by atoms with Gasteiger partial charge in [-0.2, -0.15) is 13.2 Å². The Labute approximate surface area is 142 Å². The second-order valence-corrected chi connectivity index (χ2v) is 6.94. The van der Waals surface area contributed by atoms with Crippen LogP contribution in [-0.2, 0) is 27.4 Å². The van der Waals surface area contributed by atoms with E-state index in [0.717, 1.165) is 25.5 Å². The predicted octanol–water partition coefficient (Wildman–Crippen LogP) is 2.20. The van der Waals surface area contributed by atoms with Gasteiger partial charge in [-0.3, -0.25) is 0 Å². The summed E-state index contributed by atoms with van der Waals surface area (Å²) in [6, 6.07) is 3.91. The number of aldehydes is 1. The molecule has 0 radical (unpaired) electrons. The van der Waals surface area contributed by atoms with Crippen LogP contribution in [0.25, 0.3) is 11.3 Å². The van der Waals surface area contributed by atoms with Crippen LogP contribution in [0.2, 0.25) is 0 Å². The molecule has 1 aromatic carbocycles. The van der Waals surface area contributed by atoms with E-state index in [9.17, 15) is 26.4 Å². The summed E-state index contributed by atoms with van der Waals surface area (Å²) in [4.78, 5) is 17.8. The van der Waals surface area contributed by atoms with E-state index >= 15 is 0 Å². The van der Waals surface area contributed by atoms with Gasteiger partial charge in [0.25, 0.3) is 0 Å². The summed E-state index contributed by atoms with van der Waals surface area (Å²) in [7, 11) is -2.97. The molecule has 2 rings (SSSR count). The highest BCUT2D eigenvalue weighted by atomic mass is 32.2. The zero-order valence-electron chi connectivity index (χ0n) is 13.0. The molecule has 10 heteroatoms. The van der Waals surface area contributed by atoms with Crippen molar-refractivity contribution in [1.82, 2.24) is 14.7 Å². The molecule has 6 nitrogen and oxygen atoms in total. The number of halogens is 3. The average molecular weight is 373 g/mol. The van der Waals surface area contributed by atoms with Gasteiger partial charge in [-0.15, -0.1) is 0 Å². The Bertz CT molecular complexity index is 883. The molecule has 0 saturated carbocycles. The van der Waals surface area contributed by atoms with Crippen LogP contribution in [0, 0.1) is 0 Å². The van der Waals surface area contributed by atoms with Crippen LogP contribution in [0.4, 0.5) is 13.2 Å². The van der Waals surface area contributed by atoms with Crippen LogP contribution >= 0.6 is 0 Å². The van der Waals surface area contributed by atoms with Gasteiger partial charge >= 0.3 is 6.18 Å². The number of alkyl halides is 3. The number of aromatic nitrogens is 2. The molecule has 2 aromatic rings. The normalized spacial score (nSPS) is 12.2. The quantitative estimate of drug-likeness (QED) is 0.784. The molecule has 1 N–H and O–H groups in total. The maximum Gasteiger partial charge on any atom is 0.416 e. The third-order valence-electron chi connectivity index (χ3n) is 3.35. The summed E-state index contributed by atoms with van der Waals surface area (Å²) < 4.78 is 65.2. The fourth-order valence-corrected chi connectivity index (χ4v) is 2.88. The second kappa shape index (κ2) is 7.28. The molecule has 0 aliphatic rings. The molecular weight excluding hydrogens is 359 g/mol. The molecule has 0 bridgehead atoms. The molecule has 0 fully saturated rings. The average Bonchev–Trinajstić information content (AvgIpc) is 2.59. The van der Waals surface area contributed by atoms with Crippen LogP contribution in [-0.4, -0.2) is 31.7 Å². The van der Waals surface area contributed by atoms with E-state index in [2.05, 4.69) is 9.97 Å². The highest BCUT2D eigenvalue weighted by molar-refractivity contribution is 7.89. The van der Waals surface area contributed by atoms with Gasteiger partial charge in [-0.05, 0) is 37.7 Å². The van der Waals surface area contributed by atoms with Crippen molar-refractivity contribution in [3.8, 4) is 11.3 Å². The lowest BCUT2D eigenvalue weighted by atomic mass is 10.1. The second-order valence-electron chi connectivity index (χ2n) is 5.05. The molecule has 0 spiro atoms. The van der Waals surface area contributed by atoms with E-state index in [1.165, 1.54) is 6.07 Å². The first kappa shape index (κ1) is 19.0. The first-order valence-corrected chi connectivity index (χ1v) is 8.56. The molecule has 0 amide bonds. The van der Waals surface area contributed by atoms with E-state index < -0.39 is 26.7 Å². The summed E-state index contributed by atoms with van der Waals surface area (Å²) >= 11 is 0. The Morgan fingerprint density at radius 2 is 1.88 bits per heavy atom. The SMILES string of the molecule is CNS(=O)(=O)c1cc(-c2cc(CCC=O)ncn2)cc(C(F)(F)F)c1. The topological polar surface area (TPSA) is 89.0 Å². The van der Waals surface area contributed by atoms with Crippen molar-refractivity contribution in [2.45, 2.75) is 23.9 Å². The molecule has 25 heavy (non-hydrogen) atoms. The van der Waals surface area contributed by atoms with Crippen molar-refractivity contribution < 1.29 is 26.4 Å². The third-order valence-corrected chi connectivity index (χ3v) is 4.74. The fourth-order valence-electron chi connectivity index (χ4n) is 2.08. The lowest BCUT2D eigenvalue weighted by Crippen LogP contribution is -2.19. The summed E-state index contributed by atoms with van der Waals surface area (Å²) in [6.07, 6.45) is -2.36. The van der Waals surface area contributed by atoms with Crippen LogP contribution in [0.5, 0.6) is 0 Å². The van der Waals surface area contributed by atoms with Gasteiger partial charge in [0, 0.05) is 17.7 Å². The smallest absolute Gasteiger partial charge is 0.303 e. The van der Waals surface area contributed by atoms with Crippen molar-refractivity contribution in [3.63, 3.8) is 0 Å². The van der Waals surface area contributed by atoms with E-state index in [-0.39, 0.29) is 17.7 Å². The minimum Gasteiger partial charge on any atom is -0.303 e. The first-order valence-electron chi connectivity index (χ1n) is 7.08. The predicted molar refractivity (Wildman–Crippen MR) is 83.1 cm³/mol. The van der Waals surface area contributed by atoms with Crippen molar-refractivity contribution in [2.24, 2.45) is 0 Å². The Balaban J connectivity index is 2.61. The minimum atomic E-state index is -4.72. The zero-order valence-corrected chi connectivity index (χ0v) is 13.9. The van der Waals surface area contributed by atoms with Crippen molar-refractivity contribution in [1.29, 1.82) is 0 Å². The molecule has 0 aliphatic carbocycles. The molecule has 0 unspecified atom stereocenters. The molecule has 0 aliphatic heterocycles. The molecule has 0 saturated heterocycles. The number of nitrogens with one attached hydrogen (secondary N) is 1. The maximum absolute atomic E-state index is 13.1. The zero-order chi connectivity index (χ0) is 18.7. The number of carbonyl (C=O) groups excluding carboxylic acids is 1. The Morgan fingerprint density at radius 1 is 1.16 bits per heavy atom. The first-order chi connectivity index (χ1) is 11.7. The third kappa shape index (κ3) is 4.60. The number of sulfonamides is 1. The van der Waals surface area contributed by atoms with E-state index in [0.29, 0.717) is 24.5 Å². The number of hydrogen-bond donors (Lipinski definition) is 1. The highest BCUT2D eigenvalue weighted by Crippen LogP contribution is 2.34. The molecule has 134 valence electrons. The Hall–Kier alpha value is -2.33. The highest BCUT2D eigenvalue weighted by Gasteiger charge is 2.32. The summed E-state index contributed by atoms with van der Waals surface area (Å²) in [5.74, 6) is 0. The van der Waals surface area contributed by atoms with Crippen LogP contribution in [0.15, 0.2) is 35.5 Å². The van der Waals surface area contributed by atoms with E-state index in [1.807, 2.05) is 4.72 Å². The number of rotatable bonds is 6. The van der Waals surface area contributed by atoms with Gasteiger partial charge in [-0.1, -0.05) is 0 Å². The molecule has 1 heterocycles. The summed E-state index contributed by atoms with van der Waals surface area (Å²) in [5, 5.41) is 0. The molecule has 0 atom stereocenters. The van der Waals surface area contributed by atoms with Crippen LogP contribution in [0.1, 0.15) is 17.7 Å². The van der Waals surface area contributed by atoms with Crippen molar-refractivity contribution in [3.05, 3.63) is 41.9 Å². The van der Waals surface area contributed by atoms with E-state index in [1.54, 1.807) is 0 Å². The van der Waals surface area contributed by atoms with Crippen LogP contribution in [0.3, 0.4) is 0 Å². The standard InChI is InChI=1S/C15H14F3N3O3S/c1-19-25(23,24)13-6-10(5-11(7-13)15(16,17)18)14-8-12(3-2-4-22)20-9-21-14/h4-9,19H,2-3H2,1H3. The van der Waals surface area contributed by atoms with Gasteiger partial charge in [-0.25, -0.2) is 23.1 Å². The molecule has 1 aromatic heterocycles. The Kier molecular flexibility index (Phi) is 5.53. The van der Waals surface area contributed by atoms with Gasteiger partial charge in [0.05, 0.1) is 16.2 Å². The van der Waals surface area contributed by atoms with Crippen LogP contribution < -0.4 is 4.72 Å². The van der Waals surface area contributed by atoms with Gasteiger partial charge in [0.15, 0.2) is 0 Å². The van der Waals surface area contributed by atoms with Crippen molar-refractivity contribution in [2.75, 3.05) is 7.05 Å². The van der Waals surface area contributed by atoms with Gasteiger partial charge in [0.2, 0.25) is 10.0 Å². The number of hydrogen-bond acceptors (Lipinski definition) is 5. The minimum absolute atomic E-state index is 0.0154. The lowest BCUT2D eigenvalue weighted by Gasteiger charge is -2.12. The van der Waals surface area contributed by atoms with Gasteiger partial charge < -0.3 is 4.79 Å². The summed E-state index contributed by atoms with van der Waals surface area (Å²) in [5.41, 5.74) is -0.521. The number of benzene rings is 1. The lowest BCUT2D eigenvalue weighted by molar-refractivity contribution is -0.137. The largest absolute Gasteiger partial charge is 0.416 e. The summed E-state index contributed by atoms with van der Waals surface area (Å²) in [6.45, 7) is 0. The Morgan fingerprint density at radius 3 is 2.48 bits per heavy atom.